The second-order valence-corrected chi connectivity index (χ2v) is 5.48. The summed E-state index contributed by atoms with van der Waals surface area (Å²) in [6.07, 6.45) is 9.66. The highest BCUT2D eigenvalue weighted by Gasteiger charge is 2.14. The van der Waals surface area contributed by atoms with Gasteiger partial charge in [0.15, 0.2) is 0 Å². The van der Waals surface area contributed by atoms with Crippen molar-refractivity contribution in [3.63, 3.8) is 0 Å². The van der Waals surface area contributed by atoms with Crippen molar-refractivity contribution in [2.45, 2.75) is 38.3 Å². The van der Waals surface area contributed by atoms with E-state index in [1.54, 1.807) is 6.08 Å². The lowest BCUT2D eigenvalue weighted by Crippen LogP contribution is -1.99. The van der Waals surface area contributed by atoms with Gasteiger partial charge in [-0.05, 0) is 47.9 Å². The molecule has 0 bridgehead atoms. The van der Waals surface area contributed by atoms with Crippen LogP contribution in [0.3, 0.4) is 0 Å². The Labute approximate surface area is 114 Å². The van der Waals surface area contributed by atoms with Gasteiger partial charge in [-0.1, -0.05) is 48.6 Å². The Balaban J connectivity index is 1.65. The van der Waals surface area contributed by atoms with Gasteiger partial charge < -0.3 is 0 Å². The van der Waals surface area contributed by atoms with E-state index in [1.165, 1.54) is 27.8 Å². The maximum Gasteiger partial charge on any atom is 0.122 e. The SMILES string of the molecule is C=C1CCc2cc(CCC3=CCC(F)C=C3)ccc21. The molecule has 1 aromatic rings. The summed E-state index contributed by atoms with van der Waals surface area (Å²) in [4.78, 5) is 0. The molecule has 1 atom stereocenters. The Morgan fingerprint density at radius 1 is 1.21 bits per heavy atom. The van der Waals surface area contributed by atoms with Crippen LogP contribution in [0.4, 0.5) is 4.39 Å². The fourth-order valence-electron chi connectivity index (χ4n) is 2.89. The zero-order valence-electron chi connectivity index (χ0n) is 11.2. The maximum absolute atomic E-state index is 13.0. The van der Waals surface area contributed by atoms with Crippen LogP contribution in [0.1, 0.15) is 36.0 Å². The molecule has 2 aliphatic carbocycles. The monoisotopic (exact) mass is 254 g/mol. The van der Waals surface area contributed by atoms with Crippen molar-refractivity contribution < 1.29 is 4.39 Å². The maximum atomic E-state index is 13.0. The molecule has 0 amide bonds. The van der Waals surface area contributed by atoms with Crippen molar-refractivity contribution in [2.24, 2.45) is 0 Å². The Morgan fingerprint density at radius 2 is 2.11 bits per heavy atom. The molecule has 0 aromatic heterocycles. The Bertz CT molecular complexity index is 563. The highest BCUT2D eigenvalue weighted by atomic mass is 19.1. The van der Waals surface area contributed by atoms with Gasteiger partial charge in [-0.25, -0.2) is 4.39 Å². The number of rotatable bonds is 3. The van der Waals surface area contributed by atoms with E-state index in [9.17, 15) is 4.39 Å². The molecule has 0 spiro atoms. The van der Waals surface area contributed by atoms with Crippen LogP contribution >= 0.6 is 0 Å². The second-order valence-electron chi connectivity index (χ2n) is 5.48. The van der Waals surface area contributed by atoms with Gasteiger partial charge in [0, 0.05) is 6.42 Å². The molecular formula is C18H19F. The number of hydrogen-bond acceptors (Lipinski definition) is 0. The molecule has 0 saturated carbocycles. The molecule has 98 valence electrons. The molecule has 0 radical (unpaired) electrons. The second kappa shape index (κ2) is 5.16. The van der Waals surface area contributed by atoms with Gasteiger partial charge in [-0.2, -0.15) is 0 Å². The van der Waals surface area contributed by atoms with E-state index in [0.717, 1.165) is 25.7 Å². The van der Waals surface area contributed by atoms with E-state index in [1.807, 2.05) is 12.2 Å². The lowest BCUT2D eigenvalue weighted by Gasteiger charge is -2.10. The molecule has 0 aliphatic heterocycles. The van der Waals surface area contributed by atoms with Gasteiger partial charge >= 0.3 is 0 Å². The molecule has 0 N–H and O–H groups in total. The molecule has 1 heteroatoms. The lowest BCUT2D eigenvalue weighted by molar-refractivity contribution is 0.400. The summed E-state index contributed by atoms with van der Waals surface area (Å²) in [6, 6.07) is 6.74. The number of alkyl halides is 1. The molecule has 3 rings (SSSR count). The van der Waals surface area contributed by atoms with Gasteiger partial charge in [0.2, 0.25) is 0 Å². The quantitative estimate of drug-likeness (QED) is 0.726. The van der Waals surface area contributed by atoms with E-state index >= 15 is 0 Å². The first-order chi connectivity index (χ1) is 9.22. The van der Waals surface area contributed by atoms with E-state index in [4.69, 9.17) is 0 Å². The summed E-state index contributed by atoms with van der Waals surface area (Å²) < 4.78 is 13.0. The third-order valence-corrected chi connectivity index (χ3v) is 4.07. The van der Waals surface area contributed by atoms with Crippen LogP contribution in [0, 0.1) is 0 Å². The van der Waals surface area contributed by atoms with Gasteiger partial charge in [0.25, 0.3) is 0 Å². The highest BCUT2D eigenvalue weighted by molar-refractivity contribution is 5.71. The third kappa shape index (κ3) is 2.70. The minimum atomic E-state index is -0.783. The standard InChI is InChI=1S/C18H19F/c1-13-2-8-16-12-15(7-11-18(13)16)4-3-14-5-9-17(19)10-6-14/h5-7,9,11-12,17H,1-4,8,10H2. The summed E-state index contributed by atoms with van der Waals surface area (Å²) in [5, 5.41) is 0. The first-order valence-corrected chi connectivity index (χ1v) is 7.03. The number of allylic oxidation sites excluding steroid dienone is 5. The zero-order valence-corrected chi connectivity index (χ0v) is 11.2. The zero-order chi connectivity index (χ0) is 13.2. The van der Waals surface area contributed by atoms with Crippen LogP contribution in [0.5, 0.6) is 0 Å². The van der Waals surface area contributed by atoms with E-state index in [-0.39, 0.29) is 0 Å². The van der Waals surface area contributed by atoms with Crippen LogP contribution in [0.2, 0.25) is 0 Å². The number of halogens is 1. The minimum Gasteiger partial charge on any atom is -0.243 e. The smallest absolute Gasteiger partial charge is 0.122 e. The average Bonchev–Trinajstić information content (AvgIpc) is 2.79. The Morgan fingerprint density at radius 3 is 2.89 bits per heavy atom. The topological polar surface area (TPSA) is 0 Å². The molecule has 1 aromatic carbocycles. The van der Waals surface area contributed by atoms with Crippen molar-refractivity contribution in [3.8, 4) is 0 Å². The molecule has 0 nitrogen and oxygen atoms in total. The summed E-state index contributed by atoms with van der Waals surface area (Å²) in [5.41, 5.74) is 6.71. The number of benzene rings is 1. The van der Waals surface area contributed by atoms with Crippen molar-refractivity contribution in [3.05, 3.63) is 65.3 Å². The fraction of sp³-hybridized carbons (Fsp3) is 0.333. The molecule has 19 heavy (non-hydrogen) atoms. The summed E-state index contributed by atoms with van der Waals surface area (Å²) in [7, 11) is 0. The molecular weight excluding hydrogens is 235 g/mol. The van der Waals surface area contributed by atoms with Crippen LogP contribution in [-0.2, 0) is 12.8 Å². The first-order valence-electron chi connectivity index (χ1n) is 7.03. The van der Waals surface area contributed by atoms with Crippen LogP contribution < -0.4 is 0 Å². The molecule has 0 fully saturated rings. The van der Waals surface area contributed by atoms with E-state index < -0.39 is 6.17 Å². The van der Waals surface area contributed by atoms with Crippen LogP contribution in [0.25, 0.3) is 5.57 Å². The van der Waals surface area contributed by atoms with E-state index in [0.29, 0.717) is 6.42 Å². The average molecular weight is 254 g/mol. The predicted octanol–water partition coefficient (Wildman–Crippen LogP) is 4.80. The molecule has 0 saturated heterocycles. The normalized spacial score (nSPS) is 21.4. The predicted molar refractivity (Wildman–Crippen MR) is 78.9 cm³/mol. The lowest BCUT2D eigenvalue weighted by atomic mass is 9.97. The summed E-state index contributed by atoms with van der Waals surface area (Å²) >= 11 is 0. The number of fused-ring (bicyclic) bond motifs is 1. The van der Waals surface area contributed by atoms with Crippen molar-refractivity contribution in [1.29, 1.82) is 0 Å². The summed E-state index contributed by atoms with van der Waals surface area (Å²) in [6.45, 7) is 4.10. The van der Waals surface area contributed by atoms with Crippen molar-refractivity contribution in [2.75, 3.05) is 0 Å². The van der Waals surface area contributed by atoms with Crippen LogP contribution in [0.15, 0.2) is 48.6 Å². The molecule has 1 unspecified atom stereocenters. The van der Waals surface area contributed by atoms with Gasteiger partial charge in [-0.15, -0.1) is 0 Å². The Kier molecular flexibility index (Phi) is 3.37. The largest absolute Gasteiger partial charge is 0.243 e. The molecule has 2 aliphatic rings. The van der Waals surface area contributed by atoms with E-state index in [2.05, 4.69) is 24.8 Å². The third-order valence-electron chi connectivity index (χ3n) is 4.07. The highest BCUT2D eigenvalue weighted by Crippen LogP contribution is 2.31. The minimum absolute atomic E-state index is 0.538. The number of hydrogen-bond donors (Lipinski definition) is 0. The summed E-state index contributed by atoms with van der Waals surface area (Å²) in [5.74, 6) is 0. The van der Waals surface area contributed by atoms with Gasteiger partial charge in [0.1, 0.15) is 6.17 Å². The van der Waals surface area contributed by atoms with Crippen molar-refractivity contribution >= 4 is 5.57 Å². The van der Waals surface area contributed by atoms with Crippen LogP contribution in [-0.4, -0.2) is 6.17 Å². The van der Waals surface area contributed by atoms with Gasteiger partial charge in [0.05, 0.1) is 0 Å². The van der Waals surface area contributed by atoms with Crippen molar-refractivity contribution in [1.82, 2.24) is 0 Å². The fourth-order valence-corrected chi connectivity index (χ4v) is 2.89. The van der Waals surface area contributed by atoms with Gasteiger partial charge in [-0.3, -0.25) is 0 Å². The molecule has 0 heterocycles. The Hall–Kier alpha value is -1.63. The first kappa shape index (κ1) is 12.4. The number of aryl methyl sites for hydroxylation is 2.